The van der Waals surface area contributed by atoms with Crippen LogP contribution >= 0.6 is 0 Å². The molecule has 0 saturated heterocycles. The van der Waals surface area contributed by atoms with Gasteiger partial charge in [-0.15, -0.1) is 0 Å². The first-order chi connectivity index (χ1) is 3.39. The van der Waals surface area contributed by atoms with Crippen LogP contribution in [0.15, 0.2) is 18.1 Å². The Morgan fingerprint density at radius 2 is 2.50 bits per heavy atom. The Bertz CT molecular complexity index is 116. The third-order valence-electron chi connectivity index (χ3n) is 0.802. The summed E-state index contributed by atoms with van der Waals surface area (Å²) < 4.78 is 4.78. The molecule has 0 saturated carbocycles. The molecule has 2 heteroatoms. The number of allylic oxidation sites excluding steroid dienone is 2. The molecule has 8 heavy (non-hydrogen) atoms. The average molecular weight is 333 g/mol. The van der Waals surface area contributed by atoms with Crippen molar-refractivity contribution in [3.05, 3.63) is 24.2 Å². The van der Waals surface area contributed by atoms with Crippen LogP contribution in [0.2, 0.25) is 0 Å². The first-order valence-electron chi connectivity index (χ1n) is 2.26. The summed E-state index contributed by atoms with van der Waals surface area (Å²) in [7, 11) is 0. The van der Waals surface area contributed by atoms with Crippen LogP contribution < -0.4 is 0 Å². The van der Waals surface area contributed by atoms with Crippen molar-refractivity contribution in [3.8, 4) is 0 Å². The number of hydrogen-bond acceptors (Lipinski definition) is 1. The molecular formula is C6H7OU-. The first kappa shape index (κ1) is 8.33. The molecule has 1 aliphatic rings. The smallest absolute Gasteiger partial charge is 0.0822 e. The van der Waals surface area contributed by atoms with Crippen molar-refractivity contribution in [2.75, 3.05) is 0 Å². The number of hydrogen-bond donors (Lipinski definition) is 0. The van der Waals surface area contributed by atoms with Gasteiger partial charge in [-0.2, -0.15) is 6.42 Å². The Morgan fingerprint density at radius 3 is 2.75 bits per heavy atom. The maximum atomic E-state index is 4.78. The summed E-state index contributed by atoms with van der Waals surface area (Å²) in [6.45, 7) is 2.01. The van der Waals surface area contributed by atoms with E-state index >= 15 is 0 Å². The van der Waals surface area contributed by atoms with Gasteiger partial charge in [0.25, 0.3) is 0 Å². The van der Waals surface area contributed by atoms with E-state index in [2.05, 4.69) is 6.08 Å². The van der Waals surface area contributed by atoms with Gasteiger partial charge in [-0.3, -0.25) is 0 Å². The van der Waals surface area contributed by atoms with Gasteiger partial charge in [-0.05, 0) is 6.92 Å². The van der Waals surface area contributed by atoms with Crippen LogP contribution in [0.4, 0.5) is 0 Å². The second-order valence-electron chi connectivity index (χ2n) is 1.60. The molecule has 0 aromatic rings. The van der Waals surface area contributed by atoms with Crippen molar-refractivity contribution >= 4 is 0 Å². The minimum atomic E-state index is 0. The predicted molar refractivity (Wildman–Crippen MR) is 27.3 cm³/mol. The third-order valence-corrected chi connectivity index (χ3v) is 0.802. The molecule has 1 nitrogen and oxygen atoms in total. The van der Waals surface area contributed by atoms with Crippen molar-refractivity contribution in [1.82, 2.24) is 0 Å². The Hall–Kier alpha value is 0.332. The molecular weight excluding hydrogens is 326 g/mol. The largest absolute Gasteiger partial charge is 0.510 e. The van der Waals surface area contributed by atoms with Crippen LogP contribution in [0.3, 0.4) is 0 Å². The summed E-state index contributed by atoms with van der Waals surface area (Å²) in [5.41, 5.74) is 1.22. The van der Waals surface area contributed by atoms with Gasteiger partial charge in [0.15, 0.2) is 0 Å². The molecule has 0 spiro atoms. The minimum absolute atomic E-state index is 0. The van der Waals surface area contributed by atoms with Crippen molar-refractivity contribution in [2.24, 2.45) is 0 Å². The molecule has 0 fully saturated rings. The van der Waals surface area contributed by atoms with E-state index in [0.717, 1.165) is 6.42 Å². The third kappa shape index (κ3) is 2.59. The van der Waals surface area contributed by atoms with Crippen LogP contribution in [0.5, 0.6) is 0 Å². The van der Waals surface area contributed by atoms with Gasteiger partial charge in [0.2, 0.25) is 0 Å². The van der Waals surface area contributed by atoms with Crippen molar-refractivity contribution in [3.63, 3.8) is 0 Å². The number of ether oxygens (including phenoxy) is 1. The SMILES string of the molecule is CC1=COC=[C-]C1.[U]. The van der Waals surface area contributed by atoms with E-state index in [1.54, 1.807) is 12.5 Å². The fourth-order valence-corrected chi connectivity index (χ4v) is 0.443. The Morgan fingerprint density at radius 1 is 1.75 bits per heavy atom. The van der Waals surface area contributed by atoms with E-state index in [1.807, 2.05) is 6.92 Å². The quantitative estimate of drug-likeness (QED) is 0.613. The monoisotopic (exact) mass is 333 g/mol. The standard InChI is InChI=1S/C6H7O.U/c1-6-3-2-4-7-5-6;/h4-5H,3H2,1H3;/q-1;. The second kappa shape index (κ2) is 4.23. The Labute approximate surface area is 73.2 Å². The van der Waals surface area contributed by atoms with Crippen LogP contribution in [0.25, 0.3) is 0 Å². The van der Waals surface area contributed by atoms with E-state index in [-0.39, 0.29) is 31.1 Å². The van der Waals surface area contributed by atoms with Gasteiger partial charge >= 0.3 is 0 Å². The Balaban J connectivity index is 0.000000490. The molecule has 1 rings (SSSR count). The zero-order valence-electron chi connectivity index (χ0n) is 4.77. The molecule has 0 N–H and O–H groups in total. The molecule has 0 atom stereocenters. The summed E-state index contributed by atoms with van der Waals surface area (Å²) in [6, 6.07) is 0. The van der Waals surface area contributed by atoms with Gasteiger partial charge < -0.3 is 10.8 Å². The zero-order valence-corrected chi connectivity index (χ0v) is 8.93. The summed E-state index contributed by atoms with van der Waals surface area (Å²) in [4.78, 5) is 0. The fourth-order valence-electron chi connectivity index (χ4n) is 0.443. The molecule has 0 unspecified atom stereocenters. The predicted octanol–water partition coefficient (Wildman–Crippen LogP) is 1.63. The summed E-state index contributed by atoms with van der Waals surface area (Å²) in [6.07, 6.45) is 7.14. The average Bonchev–Trinajstić information content (AvgIpc) is 1.69. The van der Waals surface area contributed by atoms with E-state index in [9.17, 15) is 0 Å². The summed E-state index contributed by atoms with van der Waals surface area (Å²) >= 11 is 0. The maximum absolute atomic E-state index is 4.78. The summed E-state index contributed by atoms with van der Waals surface area (Å²) in [5.74, 6) is 0. The van der Waals surface area contributed by atoms with Crippen LogP contribution in [0.1, 0.15) is 13.3 Å². The number of rotatable bonds is 0. The zero-order chi connectivity index (χ0) is 5.11. The molecule has 0 amide bonds. The van der Waals surface area contributed by atoms with Crippen molar-refractivity contribution < 1.29 is 35.9 Å². The van der Waals surface area contributed by atoms with Crippen molar-refractivity contribution in [2.45, 2.75) is 13.3 Å². The second-order valence-corrected chi connectivity index (χ2v) is 1.60. The van der Waals surface area contributed by atoms with E-state index in [0.29, 0.717) is 0 Å². The van der Waals surface area contributed by atoms with Gasteiger partial charge in [0, 0.05) is 31.1 Å². The fraction of sp³-hybridized carbons (Fsp3) is 0.333. The van der Waals surface area contributed by atoms with Gasteiger partial charge in [-0.1, -0.05) is 11.8 Å². The Kier molecular flexibility index (Phi) is 4.41. The topological polar surface area (TPSA) is 9.23 Å². The van der Waals surface area contributed by atoms with Crippen LogP contribution in [-0.2, 0) is 4.74 Å². The van der Waals surface area contributed by atoms with Crippen LogP contribution in [-0.4, -0.2) is 0 Å². The maximum Gasteiger partial charge on any atom is 0.0822 e. The molecule has 0 aromatic heterocycles. The summed E-state index contributed by atoms with van der Waals surface area (Å²) in [5, 5.41) is 0. The normalized spacial score (nSPS) is 15.9. The first-order valence-corrected chi connectivity index (χ1v) is 2.26. The van der Waals surface area contributed by atoms with Gasteiger partial charge in [0.1, 0.15) is 0 Å². The molecule has 1 aliphatic heterocycles. The van der Waals surface area contributed by atoms with E-state index in [4.69, 9.17) is 4.74 Å². The van der Waals surface area contributed by atoms with Gasteiger partial charge in [-0.25, -0.2) is 0 Å². The van der Waals surface area contributed by atoms with Gasteiger partial charge in [0.05, 0.1) is 6.26 Å². The molecule has 0 bridgehead atoms. The van der Waals surface area contributed by atoms with Crippen molar-refractivity contribution in [1.29, 1.82) is 0 Å². The van der Waals surface area contributed by atoms with E-state index in [1.165, 1.54) is 5.57 Å². The molecule has 42 valence electrons. The molecule has 0 radical (unpaired) electrons. The molecule has 1 heterocycles. The minimum Gasteiger partial charge on any atom is -0.510 e. The van der Waals surface area contributed by atoms with Crippen LogP contribution in [0, 0.1) is 37.2 Å². The molecule has 0 aromatic carbocycles. The molecule has 0 aliphatic carbocycles. The van der Waals surface area contributed by atoms with E-state index < -0.39 is 0 Å².